The number of hydrogen-bond donors (Lipinski definition) is 1. The summed E-state index contributed by atoms with van der Waals surface area (Å²) in [4.78, 5) is 11.8. The Bertz CT molecular complexity index is 463. The van der Waals surface area contributed by atoms with E-state index in [2.05, 4.69) is 29.0 Å². The number of nitrogens with zero attached hydrogens (tertiary/aromatic N) is 3. The van der Waals surface area contributed by atoms with Crippen LogP contribution in [0.15, 0.2) is 0 Å². The van der Waals surface area contributed by atoms with Gasteiger partial charge in [-0.3, -0.25) is 4.90 Å². The first kappa shape index (κ1) is 13.0. The van der Waals surface area contributed by atoms with Crippen molar-refractivity contribution in [2.45, 2.75) is 32.9 Å². The minimum Gasteiger partial charge on any atom is -0.368 e. The maximum Gasteiger partial charge on any atom is 0.158 e. The standard InChI is InChI=1S/C14H22N4O/c1-3-18-6-7-19-13(9-18)14-16-10(2)11-8-15-5-4-12(11)17-14/h13,15H,3-9H2,1-2H3. The number of aromatic nitrogens is 2. The summed E-state index contributed by atoms with van der Waals surface area (Å²) >= 11 is 0. The number of nitrogens with one attached hydrogen (secondary N) is 1. The summed E-state index contributed by atoms with van der Waals surface area (Å²) in [5.41, 5.74) is 3.58. The highest BCUT2D eigenvalue weighted by atomic mass is 16.5. The predicted molar refractivity (Wildman–Crippen MR) is 73.0 cm³/mol. The molecule has 5 nitrogen and oxygen atoms in total. The second kappa shape index (κ2) is 5.53. The minimum atomic E-state index is 0.0348. The third kappa shape index (κ3) is 2.63. The van der Waals surface area contributed by atoms with E-state index in [4.69, 9.17) is 9.72 Å². The lowest BCUT2D eigenvalue weighted by atomic mass is 10.1. The largest absolute Gasteiger partial charge is 0.368 e. The summed E-state index contributed by atoms with van der Waals surface area (Å²) in [6, 6.07) is 0. The van der Waals surface area contributed by atoms with Gasteiger partial charge in [0, 0.05) is 43.9 Å². The van der Waals surface area contributed by atoms with E-state index in [0.717, 1.165) is 57.3 Å². The van der Waals surface area contributed by atoms with Crippen molar-refractivity contribution in [2.24, 2.45) is 0 Å². The fraction of sp³-hybridized carbons (Fsp3) is 0.714. The van der Waals surface area contributed by atoms with Gasteiger partial charge in [-0.1, -0.05) is 6.92 Å². The van der Waals surface area contributed by atoms with Crippen molar-refractivity contribution in [3.8, 4) is 0 Å². The zero-order valence-electron chi connectivity index (χ0n) is 11.8. The van der Waals surface area contributed by atoms with Crippen LogP contribution >= 0.6 is 0 Å². The molecule has 3 rings (SSSR count). The quantitative estimate of drug-likeness (QED) is 0.855. The lowest BCUT2D eigenvalue weighted by Crippen LogP contribution is -2.39. The Morgan fingerprint density at radius 2 is 2.32 bits per heavy atom. The van der Waals surface area contributed by atoms with E-state index >= 15 is 0 Å². The SMILES string of the molecule is CCN1CCOC(c2nc(C)c3c(n2)CCNC3)C1. The lowest BCUT2D eigenvalue weighted by Gasteiger charge is -2.31. The third-order valence-corrected chi connectivity index (χ3v) is 4.04. The fourth-order valence-electron chi connectivity index (χ4n) is 2.83. The van der Waals surface area contributed by atoms with Crippen molar-refractivity contribution in [2.75, 3.05) is 32.8 Å². The van der Waals surface area contributed by atoms with Crippen LogP contribution in [-0.2, 0) is 17.7 Å². The molecule has 1 aromatic rings. The van der Waals surface area contributed by atoms with Gasteiger partial charge in [0.1, 0.15) is 6.10 Å². The van der Waals surface area contributed by atoms with Gasteiger partial charge in [-0.05, 0) is 13.5 Å². The van der Waals surface area contributed by atoms with Crippen LogP contribution in [0.2, 0.25) is 0 Å². The molecule has 2 aliphatic rings. The summed E-state index contributed by atoms with van der Waals surface area (Å²) in [5, 5.41) is 3.38. The molecule has 0 aromatic carbocycles. The number of aryl methyl sites for hydroxylation is 1. The number of fused-ring (bicyclic) bond motifs is 1. The monoisotopic (exact) mass is 262 g/mol. The van der Waals surface area contributed by atoms with Crippen LogP contribution in [0.1, 0.15) is 35.8 Å². The van der Waals surface area contributed by atoms with Crippen LogP contribution in [0.25, 0.3) is 0 Å². The molecule has 1 atom stereocenters. The Morgan fingerprint density at radius 3 is 3.16 bits per heavy atom. The van der Waals surface area contributed by atoms with Crippen molar-refractivity contribution in [3.05, 3.63) is 22.8 Å². The molecule has 0 aliphatic carbocycles. The average molecular weight is 262 g/mol. The fourth-order valence-corrected chi connectivity index (χ4v) is 2.83. The van der Waals surface area contributed by atoms with Crippen molar-refractivity contribution < 1.29 is 4.74 Å². The number of ether oxygens (including phenoxy) is 1. The zero-order valence-corrected chi connectivity index (χ0v) is 11.8. The first-order chi connectivity index (χ1) is 9.28. The van der Waals surface area contributed by atoms with Gasteiger partial charge in [0.05, 0.1) is 12.3 Å². The smallest absolute Gasteiger partial charge is 0.158 e. The highest BCUT2D eigenvalue weighted by Gasteiger charge is 2.25. The summed E-state index contributed by atoms with van der Waals surface area (Å²) in [7, 11) is 0. The normalized spacial score (nSPS) is 24.2. The Balaban J connectivity index is 1.86. The maximum absolute atomic E-state index is 5.86. The van der Waals surface area contributed by atoms with Gasteiger partial charge in [0.15, 0.2) is 5.82 Å². The molecule has 1 unspecified atom stereocenters. The molecule has 2 aliphatic heterocycles. The van der Waals surface area contributed by atoms with Crippen LogP contribution in [-0.4, -0.2) is 47.7 Å². The van der Waals surface area contributed by atoms with Gasteiger partial charge in [-0.2, -0.15) is 0 Å². The topological polar surface area (TPSA) is 50.3 Å². The minimum absolute atomic E-state index is 0.0348. The molecule has 1 saturated heterocycles. The number of likely N-dealkylation sites (N-methyl/N-ethyl adjacent to an activating group) is 1. The van der Waals surface area contributed by atoms with Gasteiger partial charge in [0.25, 0.3) is 0 Å². The van der Waals surface area contributed by atoms with Crippen LogP contribution < -0.4 is 5.32 Å². The highest BCUT2D eigenvalue weighted by Crippen LogP contribution is 2.22. The van der Waals surface area contributed by atoms with E-state index in [-0.39, 0.29) is 6.10 Å². The van der Waals surface area contributed by atoms with Gasteiger partial charge in [-0.25, -0.2) is 9.97 Å². The zero-order chi connectivity index (χ0) is 13.2. The molecule has 1 N–H and O–H groups in total. The van der Waals surface area contributed by atoms with Gasteiger partial charge in [0.2, 0.25) is 0 Å². The molecule has 104 valence electrons. The van der Waals surface area contributed by atoms with E-state index in [1.54, 1.807) is 0 Å². The van der Waals surface area contributed by atoms with Gasteiger partial charge >= 0.3 is 0 Å². The predicted octanol–water partition coefficient (Wildman–Crippen LogP) is 0.824. The Hall–Kier alpha value is -1.04. The van der Waals surface area contributed by atoms with E-state index in [1.807, 2.05) is 0 Å². The molecule has 3 heterocycles. The van der Waals surface area contributed by atoms with Crippen molar-refractivity contribution in [1.29, 1.82) is 0 Å². The Labute approximate surface area is 114 Å². The summed E-state index contributed by atoms with van der Waals surface area (Å²) in [5.74, 6) is 0.872. The molecule has 19 heavy (non-hydrogen) atoms. The van der Waals surface area contributed by atoms with Gasteiger partial charge in [-0.15, -0.1) is 0 Å². The lowest BCUT2D eigenvalue weighted by molar-refractivity contribution is -0.0327. The molecule has 0 radical (unpaired) electrons. The molecular weight excluding hydrogens is 240 g/mol. The summed E-state index contributed by atoms with van der Waals surface area (Å²) in [6.45, 7) is 9.94. The third-order valence-electron chi connectivity index (χ3n) is 4.04. The summed E-state index contributed by atoms with van der Waals surface area (Å²) in [6.07, 6.45) is 1.03. The van der Waals surface area contributed by atoms with Crippen molar-refractivity contribution in [1.82, 2.24) is 20.2 Å². The second-order valence-corrected chi connectivity index (χ2v) is 5.27. The number of hydrogen-bond acceptors (Lipinski definition) is 5. The highest BCUT2D eigenvalue weighted by molar-refractivity contribution is 5.27. The molecule has 0 saturated carbocycles. The molecule has 0 amide bonds. The molecule has 5 heteroatoms. The van der Waals surface area contributed by atoms with E-state index < -0.39 is 0 Å². The molecule has 0 spiro atoms. The van der Waals surface area contributed by atoms with Crippen molar-refractivity contribution in [3.63, 3.8) is 0 Å². The first-order valence-corrected chi connectivity index (χ1v) is 7.19. The second-order valence-electron chi connectivity index (χ2n) is 5.27. The van der Waals surface area contributed by atoms with Crippen LogP contribution in [0, 0.1) is 6.92 Å². The van der Waals surface area contributed by atoms with Crippen LogP contribution in [0.5, 0.6) is 0 Å². The first-order valence-electron chi connectivity index (χ1n) is 7.19. The van der Waals surface area contributed by atoms with E-state index in [1.165, 1.54) is 11.3 Å². The van der Waals surface area contributed by atoms with Crippen molar-refractivity contribution >= 4 is 0 Å². The summed E-state index contributed by atoms with van der Waals surface area (Å²) < 4.78 is 5.86. The molecule has 0 bridgehead atoms. The average Bonchev–Trinajstić information content (AvgIpc) is 2.47. The van der Waals surface area contributed by atoms with E-state index in [9.17, 15) is 0 Å². The van der Waals surface area contributed by atoms with Crippen LogP contribution in [0.3, 0.4) is 0 Å². The molecule has 1 aromatic heterocycles. The van der Waals surface area contributed by atoms with Gasteiger partial charge < -0.3 is 10.1 Å². The molecular formula is C14H22N4O. The van der Waals surface area contributed by atoms with E-state index in [0.29, 0.717) is 0 Å². The maximum atomic E-state index is 5.86. The number of morpholine rings is 1. The Morgan fingerprint density at radius 1 is 1.42 bits per heavy atom. The molecule has 1 fully saturated rings. The Kier molecular flexibility index (Phi) is 3.77. The number of rotatable bonds is 2. The van der Waals surface area contributed by atoms with Crippen LogP contribution in [0.4, 0.5) is 0 Å².